The summed E-state index contributed by atoms with van der Waals surface area (Å²) in [7, 11) is 0. The molecule has 1 aromatic heterocycles. The van der Waals surface area contributed by atoms with E-state index in [0.717, 1.165) is 23.7 Å². The maximum atomic E-state index is 6.08. The van der Waals surface area contributed by atoms with Crippen LogP contribution in [0.25, 0.3) is 0 Å². The van der Waals surface area contributed by atoms with E-state index in [9.17, 15) is 0 Å². The van der Waals surface area contributed by atoms with Crippen LogP contribution in [-0.4, -0.2) is 0 Å². The lowest BCUT2D eigenvalue weighted by atomic mass is 10.1. The van der Waals surface area contributed by atoms with Crippen molar-refractivity contribution in [1.29, 1.82) is 0 Å². The predicted octanol–water partition coefficient (Wildman–Crippen LogP) is 4.76. The Morgan fingerprint density at radius 2 is 2.12 bits per heavy atom. The molecule has 1 aromatic carbocycles. The molecule has 2 rings (SSSR count). The number of aryl methyl sites for hydroxylation is 1. The van der Waals surface area contributed by atoms with Gasteiger partial charge in [0.2, 0.25) is 0 Å². The molecule has 0 aliphatic rings. The normalized spacial score (nSPS) is 10.8. The molecule has 4 heteroatoms. The van der Waals surface area contributed by atoms with Gasteiger partial charge < -0.3 is 5.32 Å². The largest absolute Gasteiger partial charge is 0.308 e. The van der Waals surface area contributed by atoms with Gasteiger partial charge in [-0.05, 0) is 51.5 Å². The summed E-state index contributed by atoms with van der Waals surface area (Å²) in [5.74, 6) is 0. The van der Waals surface area contributed by atoms with Crippen molar-refractivity contribution >= 4 is 38.9 Å². The quantitative estimate of drug-likeness (QED) is 0.852. The van der Waals surface area contributed by atoms with Crippen LogP contribution in [-0.2, 0) is 13.1 Å². The Hall–Kier alpha value is -0.350. The van der Waals surface area contributed by atoms with E-state index in [0.29, 0.717) is 0 Å². The summed E-state index contributed by atoms with van der Waals surface area (Å²) in [5, 5.41) is 6.34. The van der Waals surface area contributed by atoms with E-state index in [2.05, 4.69) is 44.8 Å². The first-order valence-corrected chi connectivity index (χ1v) is 7.39. The molecule has 0 bridgehead atoms. The van der Waals surface area contributed by atoms with Gasteiger partial charge in [0.15, 0.2) is 0 Å². The average Bonchev–Trinajstić information content (AvgIpc) is 2.70. The number of benzene rings is 1. The molecule has 1 heterocycles. The topological polar surface area (TPSA) is 12.0 Å². The Kier molecular flexibility index (Phi) is 4.62. The fourth-order valence-electron chi connectivity index (χ4n) is 1.52. The van der Waals surface area contributed by atoms with Gasteiger partial charge in [-0.25, -0.2) is 0 Å². The van der Waals surface area contributed by atoms with Crippen molar-refractivity contribution in [2.75, 3.05) is 0 Å². The minimum Gasteiger partial charge on any atom is -0.308 e. The second-order valence-corrected chi connectivity index (χ2v) is 6.14. The molecule has 17 heavy (non-hydrogen) atoms. The number of thiophene rings is 1. The highest BCUT2D eigenvalue weighted by Gasteiger charge is 2.01. The number of rotatable bonds is 4. The first kappa shape index (κ1) is 13.1. The van der Waals surface area contributed by atoms with Crippen LogP contribution >= 0.6 is 38.9 Å². The molecule has 90 valence electrons. The second kappa shape index (κ2) is 6.01. The minimum absolute atomic E-state index is 0.835. The van der Waals surface area contributed by atoms with Gasteiger partial charge in [0.25, 0.3) is 0 Å². The molecule has 1 nitrogen and oxygen atoms in total. The Bertz CT molecular complexity index is 510. The van der Waals surface area contributed by atoms with Crippen molar-refractivity contribution in [3.63, 3.8) is 0 Å². The van der Waals surface area contributed by atoms with Crippen LogP contribution in [0.1, 0.15) is 16.0 Å². The summed E-state index contributed by atoms with van der Waals surface area (Å²) < 4.78 is 1.18. The van der Waals surface area contributed by atoms with Crippen molar-refractivity contribution in [2.24, 2.45) is 0 Å². The zero-order valence-electron chi connectivity index (χ0n) is 9.47. The van der Waals surface area contributed by atoms with Gasteiger partial charge in [-0.1, -0.05) is 23.7 Å². The molecule has 0 saturated heterocycles. The zero-order valence-corrected chi connectivity index (χ0v) is 12.6. The van der Waals surface area contributed by atoms with Crippen LogP contribution in [0.2, 0.25) is 5.02 Å². The van der Waals surface area contributed by atoms with Crippen LogP contribution in [0.15, 0.2) is 34.1 Å². The number of halogens is 2. The predicted molar refractivity (Wildman–Crippen MR) is 78.8 cm³/mol. The summed E-state index contributed by atoms with van der Waals surface area (Å²) in [6.07, 6.45) is 0. The van der Waals surface area contributed by atoms with E-state index in [-0.39, 0.29) is 0 Å². The van der Waals surface area contributed by atoms with Gasteiger partial charge in [-0.2, -0.15) is 0 Å². The van der Waals surface area contributed by atoms with E-state index in [1.54, 1.807) is 11.3 Å². The van der Waals surface area contributed by atoms with Gasteiger partial charge in [0.1, 0.15) is 0 Å². The Morgan fingerprint density at radius 3 is 2.76 bits per heavy atom. The highest BCUT2D eigenvalue weighted by Crippen LogP contribution is 2.22. The van der Waals surface area contributed by atoms with Gasteiger partial charge in [-0.3, -0.25) is 0 Å². The third-order valence-corrected chi connectivity index (χ3v) is 4.88. The Labute approximate surface area is 119 Å². The molecule has 0 spiro atoms. The van der Waals surface area contributed by atoms with Gasteiger partial charge in [-0.15, -0.1) is 11.3 Å². The van der Waals surface area contributed by atoms with Crippen LogP contribution in [0.4, 0.5) is 0 Å². The van der Waals surface area contributed by atoms with E-state index < -0.39 is 0 Å². The lowest BCUT2D eigenvalue weighted by Gasteiger charge is -2.06. The fourth-order valence-corrected chi connectivity index (χ4v) is 3.18. The Balaban J connectivity index is 1.90. The first-order valence-electron chi connectivity index (χ1n) is 5.34. The smallest absolute Gasteiger partial charge is 0.0438 e. The zero-order chi connectivity index (χ0) is 12.3. The van der Waals surface area contributed by atoms with Crippen LogP contribution in [0, 0.1) is 6.92 Å². The van der Waals surface area contributed by atoms with E-state index in [1.807, 2.05) is 13.0 Å². The van der Waals surface area contributed by atoms with E-state index in [1.165, 1.54) is 14.9 Å². The van der Waals surface area contributed by atoms with E-state index in [4.69, 9.17) is 11.6 Å². The summed E-state index contributed by atoms with van der Waals surface area (Å²) in [6, 6.07) is 8.26. The molecule has 0 amide bonds. The van der Waals surface area contributed by atoms with Gasteiger partial charge in [0, 0.05) is 27.5 Å². The molecule has 0 atom stereocenters. The molecule has 0 fully saturated rings. The van der Waals surface area contributed by atoms with Crippen molar-refractivity contribution in [3.8, 4) is 0 Å². The molecular formula is C13H13BrClNS. The monoisotopic (exact) mass is 329 g/mol. The molecule has 0 aliphatic heterocycles. The number of nitrogens with one attached hydrogen (secondary N) is 1. The molecule has 0 aliphatic carbocycles. The molecule has 1 N–H and O–H groups in total. The highest BCUT2D eigenvalue weighted by molar-refractivity contribution is 9.10. The maximum absolute atomic E-state index is 6.08. The SMILES string of the molecule is Cc1ccc(CNCc2sccc2Br)cc1Cl. The molecule has 0 unspecified atom stereocenters. The maximum Gasteiger partial charge on any atom is 0.0438 e. The van der Waals surface area contributed by atoms with Crippen LogP contribution in [0.5, 0.6) is 0 Å². The van der Waals surface area contributed by atoms with Gasteiger partial charge in [0.05, 0.1) is 0 Å². The minimum atomic E-state index is 0.835. The third-order valence-electron chi connectivity index (χ3n) is 2.54. The van der Waals surface area contributed by atoms with Crippen molar-refractivity contribution in [1.82, 2.24) is 5.32 Å². The molecule has 2 aromatic rings. The van der Waals surface area contributed by atoms with Crippen LogP contribution in [0.3, 0.4) is 0 Å². The van der Waals surface area contributed by atoms with Gasteiger partial charge >= 0.3 is 0 Å². The molecule has 0 radical (unpaired) electrons. The van der Waals surface area contributed by atoms with Crippen molar-refractivity contribution in [3.05, 3.63) is 55.1 Å². The van der Waals surface area contributed by atoms with Crippen molar-refractivity contribution < 1.29 is 0 Å². The number of hydrogen-bond acceptors (Lipinski definition) is 2. The first-order chi connectivity index (χ1) is 8.16. The van der Waals surface area contributed by atoms with Crippen LogP contribution < -0.4 is 5.32 Å². The Morgan fingerprint density at radius 1 is 1.29 bits per heavy atom. The lowest BCUT2D eigenvalue weighted by Crippen LogP contribution is -2.12. The lowest BCUT2D eigenvalue weighted by molar-refractivity contribution is 0.699. The summed E-state index contributed by atoms with van der Waals surface area (Å²) in [5.41, 5.74) is 2.34. The summed E-state index contributed by atoms with van der Waals surface area (Å²) in [4.78, 5) is 1.32. The average molecular weight is 331 g/mol. The fraction of sp³-hybridized carbons (Fsp3) is 0.231. The second-order valence-electron chi connectivity index (χ2n) is 3.88. The number of hydrogen-bond donors (Lipinski definition) is 1. The third kappa shape index (κ3) is 3.55. The highest BCUT2D eigenvalue weighted by atomic mass is 79.9. The molecular weight excluding hydrogens is 318 g/mol. The standard InChI is InChI=1S/C13H13BrClNS/c1-9-2-3-10(6-12(9)15)7-16-8-13-11(14)4-5-17-13/h2-6,16H,7-8H2,1H3. The van der Waals surface area contributed by atoms with E-state index >= 15 is 0 Å². The van der Waals surface area contributed by atoms with Crippen molar-refractivity contribution in [2.45, 2.75) is 20.0 Å². The molecule has 0 saturated carbocycles. The summed E-state index contributed by atoms with van der Waals surface area (Å²) in [6.45, 7) is 3.73. The summed E-state index contributed by atoms with van der Waals surface area (Å²) >= 11 is 11.4.